The number of hydrogen-bond donors (Lipinski definition) is 0. The molecule has 35 heavy (non-hydrogen) atoms. The molecule has 0 bridgehead atoms. The van der Waals surface area contributed by atoms with Crippen LogP contribution in [0.15, 0.2) is 12.8 Å². The number of nitrogens with zero attached hydrogens (tertiary/aromatic N) is 2. The van der Waals surface area contributed by atoms with Crippen LogP contribution in [0.25, 0.3) is 0 Å². The molecular weight excluding hydrogens is 456 g/mol. The molecule has 2 amide bonds. The molecule has 10 heteroatoms. The van der Waals surface area contributed by atoms with E-state index in [1.807, 2.05) is 41.5 Å². The third-order valence-corrected chi connectivity index (χ3v) is 4.97. The van der Waals surface area contributed by atoms with Gasteiger partial charge in [0.1, 0.15) is 17.3 Å². The van der Waals surface area contributed by atoms with Gasteiger partial charge < -0.3 is 38.2 Å². The summed E-state index contributed by atoms with van der Waals surface area (Å²) in [6.07, 6.45) is 3.18. The van der Waals surface area contributed by atoms with Crippen molar-refractivity contribution in [1.82, 2.24) is 9.80 Å². The summed E-state index contributed by atoms with van der Waals surface area (Å²) in [7, 11) is 0. The van der Waals surface area contributed by atoms with Gasteiger partial charge in [-0.2, -0.15) is 0 Å². The lowest BCUT2D eigenvalue weighted by molar-refractivity contribution is -0.0199. The van der Waals surface area contributed by atoms with Gasteiger partial charge in [-0.25, -0.2) is 9.59 Å². The standard InChI is InChI=1S/C13H23NO4.C12H21NO4/c1-13(2,3)18-12(15)14-6-7-16-9-11(8-14)17-10-4-5-10;1-5-16-10-8-13(6-7-15-9-10)11(14)17-12(2,3)4/h10-11H,4-9H2,1-3H3;5,10H,1,6-9H2,2-4H3. The lowest BCUT2D eigenvalue weighted by atomic mass is 10.2. The predicted octanol–water partition coefficient (Wildman–Crippen LogP) is 3.58. The molecule has 10 nitrogen and oxygen atoms in total. The average molecular weight is 501 g/mol. The Kier molecular flexibility index (Phi) is 11.1. The van der Waals surface area contributed by atoms with E-state index in [-0.39, 0.29) is 24.4 Å². The first kappa shape index (κ1) is 29.2. The normalized spacial score (nSPS) is 23.7. The molecule has 202 valence electrons. The molecule has 2 aliphatic heterocycles. The maximum atomic E-state index is 12.0. The minimum Gasteiger partial charge on any atom is -0.494 e. The van der Waals surface area contributed by atoms with Crippen LogP contribution in [0.1, 0.15) is 54.4 Å². The summed E-state index contributed by atoms with van der Waals surface area (Å²) in [6, 6.07) is 0. The van der Waals surface area contributed by atoms with Crippen molar-refractivity contribution >= 4 is 12.2 Å². The van der Waals surface area contributed by atoms with E-state index in [4.69, 9.17) is 28.4 Å². The van der Waals surface area contributed by atoms with Crippen molar-refractivity contribution in [2.24, 2.45) is 0 Å². The summed E-state index contributed by atoms with van der Waals surface area (Å²) in [5.41, 5.74) is -0.948. The lowest BCUT2D eigenvalue weighted by Crippen LogP contribution is -2.42. The highest BCUT2D eigenvalue weighted by Gasteiger charge is 2.31. The average Bonchev–Trinajstić information content (AvgIpc) is 3.56. The molecule has 2 heterocycles. The third-order valence-electron chi connectivity index (χ3n) is 4.97. The monoisotopic (exact) mass is 500 g/mol. The van der Waals surface area contributed by atoms with E-state index in [0.29, 0.717) is 58.7 Å². The van der Waals surface area contributed by atoms with Gasteiger partial charge in [0.2, 0.25) is 0 Å². The first-order chi connectivity index (χ1) is 16.4. The first-order valence-electron chi connectivity index (χ1n) is 12.4. The molecule has 3 fully saturated rings. The van der Waals surface area contributed by atoms with Crippen molar-refractivity contribution in [3.63, 3.8) is 0 Å². The number of rotatable bonds is 4. The first-order valence-corrected chi connectivity index (χ1v) is 12.4. The van der Waals surface area contributed by atoms with Gasteiger partial charge in [0.05, 0.1) is 58.0 Å². The highest BCUT2D eigenvalue weighted by atomic mass is 16.6. The maximum absolute atomic E-state index is 12.0. The molecule has 2 saturated heterocycles. The van der Waals surface area contributed by atoms with Gasteiger partial charge in [0, 0.05) is 13.1 Å². The van der Waals surface area contributed by atoms with Gasteiger partial charge in [0.25, 0.3) is 0 Å². The minimum absolute atomic E-state index is 0.0208. The molecule has 1 saturated carbocycles. The SMILES string of the molecule is C=COC1COCCN(C(=O)OC(C)(C)C)C1.CC(C)(C)OC(=O)N1CCOCC(OC2CC2)C1. The van der Waals surface area contributed by atoms with Crippen LogP contribution in [-0.4, -0.2) is 104 Å². The van der Waals surface area contributed by atoms with Crippen molar-refractivity contribution in [3.8, 4) is 0 Å². The van der Waals surface area contributed by atoms with Gasteiger partial charge in [-0.15, -0.1) is 0 Å². The Labute approximate surface area is 209 Å². The van der Waals surface area contributed by atoms with Crippen LogP contribution >= 0.6 is 0 Å². The fraction of sp³-hybridized carbons (Fsp3) is 0.840. The van der Waals surface area contributed by atoms with Crippen molar-refractivity contribution in [3.05, 3.63) is 12.8 Å². The van der Waals surface area contributed by atoms with E-state index in [1.54, 1.807) is 9.80 Å². The molecule has 3 rings (SSSR count). The summed E-state index contributed by atoms with van der Waals surface area (Å²) in [5.74, 6) is 0. The zero-order valence-corrected chi connectivity index (χ0v) is 22.2. The molecule has 0 aromatic heterocycles. The van der Waals surface area contributed by atoms with E-state index >= 15 is 0 Å². The molecule has 0 N–H and O–H groups in total. The maximum Gasteiger partial charge on any atom is 0.410 e. The van der Waals surface area contributed by atoms with E-state index in [0.717, 1.165) is 12.8 Å². The second-order valence-electron chi connectivity index (χ2n) is 10.9. The second-order valence-corrected chi connectivity index (χ2v) is 10.9. The summed E-state index contributed by atoms with van der Waals surface area (Å²) < 4.78 is 32.6. The number of ether oxygens (including phenoxy) is 6. The quantitative estimate of drug-likeness (QED) is 0.541. The fourth-order valence-electron chi connectivity index (χ4n) is 3.32. The Bertz CT molecular complexity index is 684. The summed E-state index contributed by atoms with van der Waals surface area (Å²) in [6.45, 7) is 18.8. The molecule has 0 aromatic rings. The van der Waals surface area contributed by atoms with Crippen molar-refractivity contribution in [2.45, 2.75) is 83.9 Å². The Morgan fingerprint density at radius 3 is 1.69 bits per heavy atom. The number of carbonyl (C=O) groups excluding carboxylic acids is 2. The zero-order valence-electron chi connectivity index (χ0n) is 22.2. The summed E-state index contributed by atoms with van der Waals surface area (Å²) in [5, 5.41) is 0. The van der Waals surface area contributed by atoms with E-state index in [1.165, 1.54) is 6.26 Å². The molecule has 0 spiro atoms. The molecule has 0 radical (unpaired) electrons. The molecule has 1 aliphatic carbocycles. The van der Waals surface area contributed by atoms with Crippen LogP contribution in [0.5, 0.6) is 0 Å². The molecule has 2 atom stereocenters. The van der Waals surface area contributed by atoms with Gasteiger partial charge in [-0.05, 0) is 54.4 Å². The molecular formula is C25H44N2O8. The Morgan fingerprint density at radius 1 is 0.800 bits per heavy atom. The minimum atomic E-state index is -0.487. The fourth-order valence-corrected chi connectivity index (χ4v) is 3.32. The van der Waals surface area contributed by atoms with Gasteiger partial charge >= 0.3 is 12.2 Å². The van der Waals surface area contributed by atoms with Gasteiger partial charge in [-0.1, -0.05) is 6.58 Å². The molecule has 0 aromatic carbocycles. The summed E-state index contributed by atoms with van der Waals surface area (Å²) in [4.78, 5) is 27.2. The molecule has 3 aliphatic rings. The Hall–Kier alpha value is -2.04. The highest BCUT2D eigenvalue weighted by molar-refractivity contribution is 5.68. The van der Waals surface area contributed by atoms with Gasteiger partial charge in [-0.3, -0.25) is 0 Å². The largest absolute Gasteiger partial charge is 0.494 e. The predicted molar refractivity (Wildman–Crippen MR) is 130 cm³/mol. The van der Waals surface area contributed by atoms with Crippen molar-refractivity contribution < 1.29 is 38.0 Å². The highest BCUT2D eigenvalue weighted by Crippen LogP contribution is 2.26. The van der Waals surface area contributed by atoms with Crippen molar-refractivity contribution in [1.29, 1.82) is 0 Å². The van der Waals surface area contributed by atoms with E-state index in [9.17, 15) is 9.59 Å². The third kappa shape index (κ3) is 12.5. The topological polar surface area (TPSA) is 96.0 Å². The zero-order chi connectivity index (χ0) is 26.1. The van der Waals surface area contributed by atoms with Crippen LogP contribution < -0.4 is 0 Å². The number of carbonyl (C=O) groups is 2. The van der Waals surface area contributed by atoms with Crippen molar-refractivity contribution in [2.75, 3.05) is 52.6 Å². The summed E-state index contributed by atoms with van der Waals surface area (Å²) >= 11 is 0. The number of hydrogen-bond acceptors (Lipinski definition) is 8. The van der Waals surface area contributed by atoms with E-state index in [2.05, 4.69) is 6.58 Å². The van der Waals surface area contributed by atoms with Crippen LogP contribution in [0, 0.1) is 0 Å². The molecule has 2 unspecified atom stereocenters. The smallest absolute Gasteiger partial charge is 0.410 e. The number of amides is 2. The van der Waals surface area contributed by atoms with Crippen LogP contribution in [0.3, 0.4) is 0 Å². The van der Waals surface area contributed by atoms with Crippen LogP contribution in [-0.2, 0) is 28.4 Å². The lowest BCUT2D eigenvalue weighted by Gasteiger charge is -2.27. The Balaban J connectivity index is 0.000000247. The van der Waals surface area contributed by atoms with Crippen LogP contribution in [0.4, 0.5) is 9.59 Å². The Morgan fingerprint density at radius 2 is 1.26 bits per heavy atom. The van der Waals surface area contributed by atoms with Crippen LogP contribution in [0.2, 0.25) is 0 Å². The van der Waals surface area contributed by atoms with E-state index < -0.39 is 11.2 Å². The van der Waals surface area contributed by atoms with Gasteiger partial charge in [0.15, 0.2) is 0 Å². The second kappa shape index (κ2) is 13.3.